The second kappa shape index (κ2) is 3.67. The van der Waals surface area contributed by atoms with Crippen molar-refractivity contribution in [3.05, 3.63) is 29.8 Å². The predicted octanol–water partition coefficient (Wildman–Crippen LogP) is 1.67. The van der Waals surface area contributed by atoms with Crippen LogP contribution in [0.1, 0.15) is 0 Å². The summed E-state index contributed by atoms with van der Waals surface area (Å²) in [6.07, 6.45) is 0. The molecule has 0 aliphatic rings. The molecule has 0 amide bonds. The molecule has 0 aromatic heterocycles. The first kappa shape index (κ1) is 8.47. The van der Waals surface area contributed by atoms with E-state index in [1.807, 2.05) is 0 Å². The number of ether oxygens (including phenoxy) is 1. The second-order valence-corrected chi connectivity index (χ2v) is 1.96. The van der Waals surface area contributed by atoms with Crippen molar-refractivity contribution in [1.29, 1.82) is 5.26 Å². The average molecular weight is 168 g/mol. The van der Waals surface area contributed by atoms with Gasteiger partial charge < -0.3 is 4.74 Å². The summed E-state index contributed by atoms with van der Waals surface area (Å²) in [5.74, 6) is -1.70. The zero-order chi connectivity index (χ0) is 8.97. The Labute approximate surface area is 68.0 Å². The number of hydrogen-bond donors (Lipinski definition) is 0. The molecule has 0 heterocycles. The molecule has 1 aromatic carbocycles. The van der Waals surface area contributed by atoms with Crippen LogP contribution in [0.4, 0.5) is 8.78 Å². The Morgan fingerprint density at radius 1 is 1.42 bits per heavy atom. The fourth-order valence-corrected chi connectivity index (χ4v) is 0.677. The largest absolute Gasteiger partial charge is 0.479 e. The quantitative estimate of drug-likeness (QED) is 0.672. The average Bonchev–Trinajstić information content (AvgIpc) is 1.99. The molecule has 12 heavy (non-hydrogen) atoms. The molecule has 1 radical (unpaired) electrons. The highest BCUT2D eigenvalue weighted by Gasteiger charge is 2.00. The van der Waals surface area contributed by atoms with Crippen LogP contribution in [0.3, 0.4) is 0 Å². The van der Waals surface area contributed by atoms with Crippen molar-refractivity contribution in [2.45, 2.75) is 0 Å². The molecule has 0 fully saturated rings. The predicted molar refractivity (Wildman–Crippen MR) is 36.3 cm³/mol. The molecule has 2 nitrogen and oxygen atoms in total. The van der Waals surface area contributed by atoms with E-state index in [1.54, 1.807) is 12.1 Å². The molecule has 1 rings (SSSR count). The summed E-state index contributed by atoms with van der Waals surface area (Å²) in [5.41, 5.74) is 0. The van der Waals surface area contributed by atoms with Gasteiger partial charge in [-0.05, 0) is 0 Å². The SMILES string of the molecule is N#CCOc1cc(F)[c]c(F)c1. The van der Waals surface area contributed by atoms with Gasteiger partial charge in [0.15, 0.2) is 6.61 Å². The first-order valence-electron chi connectivity index (χ1n) is 3.10. The number of nitriles is 1. The van der Waals surface area contributed by atoms with E-state index in [4.69, 9.17) is 5.26 Å². The van der Waals surface area contributed by atoms with Crippen LogP contribution in [0.2, 0.25) is 0 Å². The van der Waals surface area contributed by atoms with E-state index < -0.39 is 11.6 Å². The Morgan fingerprint density at radius 3 is 2.50 bits per heavy atom. The van der Waals surface area contributed by atoms with Crippen molar-refractivity contribution in [3.63, 3.8) is 0 Å². The van der Waals surface area contributed by atoms with Gasteiger partial charge in [-0.1, -0.05) is 0 Å². The van der Waals surface area contributed by atoms with Crippen LogP contribution in [-0.4, -0.2) is 6.61 Å². The first-order valence-corrected chi connectivity index (χ1v) is 3.10. The second-order valence-electron chi connectivity index (χ2n) is 1.96. The number of nitrogens with zero attached hydrogens (tertiary/aromatic N) is 1. The number of halogens is 2. The van der Waals surface area contributed by atoms with Crippen LogP contribution in [0.15, 0.2) is 12.1 Å². The third-order valence-corrected chi connectivity index (χ3v) is 1.08. The highest BCUT2D eigenvalue weighted by molar-refractivity contribution is 5.23. The van der Waals surface area contributed by atoms with Crippen molar-refractivity contribution in [2.75, 3.05) is 6.61 Å². The summed E-state index contributed by atoms with van der Waals surface area (Å²) in [6, 6.07) is 5.39. The van der Waals surface area contributed by atoms with Crippen LogP contribution in [0.25, 0.3) is 0 Å². The summed E-state index contributed by atoms with van der Waals surface area (Å²) >= 11 is 0. The maximum absolute atomic E-state index is 12.4. The van der Waals surface area contributed by atoms with E-state index in [-0.39, 0.29) is 12.4 Å². The highest BCUT2D eigenvalue weighted by Crippen LogP contribution is 2.14. The fraction of sp³-hybridized carbons (Fsp3) is 0.125. The maximum atomic E-state index is 12.4. The minimum atomic E-state index is -0.845. The lowest BCUT2D eigenvalue weighted by molar-refractivity contribution is 0.362. The van der Waals surface area contributed by atoms with Crippen LogP contribution < -0.4 is 4.74 Å². The minimum Gasteiger partial charge on any atom is -0.479 e. The normalized spacial score (nSPS) is 9.08. The molecule has 0 bridgehead atoms. The van der Waals surface area contributed by atoms with Crippen molar-refractivity contribution >= 4 is 0 Å². The van der Waals surface area contributed by atoms with Crippen LogP contribution in [-0.2, 0) is 0 Å². The van der Waals surface area contributed by atoms with E-state index in [9.17, 15) is 8.78 Å². The summed E-state index contributed by atoms with van der Waals surface area (Å²) < 4.78 is 29.4. The molecule has 0 saturated heterocycles. The monoisotopic (exact) mass is 168 g/mol. The molecule has 1 aromatic rings. The van der Waals surface area contributed by atoms with Crippen molar-refractivity contribution in [2.24, 2.45) is 0 Å². The zero-order valence-electron chi connectivity index (χ0n) is 5.97. The van der Waals surface area contributed by atoms with Gasteiger partial charge in [-0.3, -0.25) is 0 Å². The highest BCUT2D eigenvalue weighted by atomic mass is 19.1. The molecular formula is C8H4F2NO. The summed E-state index contributed by atoms with van der Waals surface area (Å²) in [6.45, 7) is -0.233. The molecule has 4 heteroatoms. The summed E-state index contributed by atoms with van der Waals surface area (Å²) in [7, 11) is 0. The molecule has 0 atom stereocenters. The molecule has 0 spiro atoms. The van der Waals surface area contributed by atoms with Gasteiger partial charge >= 0.3 is 0 Å². The molecule has 0 aliphatic heterocycles. The van der Waals surface area contributed by atoms with E-state index in [0.29, 0.717) is 0 Å². The van der Waals surface area contributed by atoms with Gasteiger partial charge in [0.1, 0.15) is 23.5 Å². The Kier molecular flexibility index (Phi) is 2.59. The van der Waals surface area contributed by atoms with Gasteiger partial charge in [0.2, 0.25) is 0 Å². The summed E-state index contributed by atoms with van der Waals surface area (Å²) in [4.78, 5) is 0. The number of benzene rings is 1. The van der Waals surface area contributed by atoms with Crippen LogP contribution in [0, 0.1) is 29.0 Å². The lowest BCUT2D eigenvalue weighted by atomic mass is 10.3. The van der Waals surface area contributed by atoms with Crippen molar-refractivity contribution in [1.82, 2.24) is 0 Å². The number of rotatable bonds is 2. The van der Waals surface area contributed by atoms with Gasteiger partial charge in [0.05, 0.1) is 6.07 Å². The molecule has 0 unspecified atom stereocenters. The van der Waals surface area contributed by atoms with Crippen LogP contribution >= 0.6 is 0 Å². The topological polar surface area (TPSA) is 33.0 Å². The van der Waals surface area contributed by atoms with Crippen LogP contribution in [0.5, 0.6) is 5.75 Å². The third-order valence-electron chi connectivity index (χ3n) is 1.08. The van der Waals surface area contributed by atoms with Crippen molar-refractivity contribution in [3.8, 4) is 11.8 Å². The molecule has 61 valence electrons. The molecule has 0 aliphatic carbocycles. The van der Waals surface area contributed by atoms with Gasteiger partial charge in [-0.25, -0.2) is 8.78 Å². The zero-order valence-corrected chi connectivity index (χ0v) is 5.97. The molecule has 0 saturated carbocycles. The van der Waals surface area contributed by atoms with Gasteiger partial charge in [-0.2, -0.15) is 5.26 Å². The Balaban J connectivity index is 2.80. The van der Waals surface area contributed by atoms with Gasteiger partial charge in [0.25, 0.3) is 0 Å². The Morgan fingerprint density at radius 2 is 2.00 bits per heavy atom. The smallest absolute Gasteiger partial charge is 0.174 e. The van der Waals surface area contributed by atoms with E-state index in [0.717, 1.165) is 12.1 Å². The summed E-state index contributed by atoms with van der Waals surface area (Å²) in [5, 5.41) is 8.10. The van der Waals surface area contributed by atoms with Crippen molar-refractivity contribution < 1.29 is 13.5 Å². The number of hydrogen-bond acceptors (Lipinski definition) is 2. The van der Waals surface area contributed by atoms with E-state index in [1.165, 1.54) is 0 Å². The Hall–Kier alpha value is -1.63. The fourth-order valence-electron chi connectivity index (χ4n) is 0.677. The van der Waals surface area contributed by atoms with E-state index >= 15 is 0 Å². The standard InChI is InChI=1S/C8H4F2NO/c9-6-3-7(10)5-8(4-6)12-2-1-11/h4-5H,2H2. The lowest BCUT2D eigenvalue weighted by Gasteiger charge is -2.00. The Bertz CT molecular complexity index is 299. The van der Waals surface area contributed by atoms with E-state index in [2.05, 4.69) is 4.74 Å². The molecule has 0 N–H and O–H groups in total. The lowest BCUT2D eigenvalue weighted by Crippen LogP contribution is -1.94. The van der Waals surface area contributed by atoms with Gasteiger partial charge in [0, 0.05) is 12.1 Å². The minimum absolute atomic E-state index is 0.00898. The van der Waals surface area contributed by atoms with Gasteiger partial charge in [-0.15, -0.1) is 0 Å². The molecular weight excluding hydrogens is 164 g/mol. The maximum Gasteiger partial charge on any atom is 0.174 e. The third kappa shape index (κ3) is 2.20. The first-order chi connectivity index (χ1) is 5.72.